The van der Waals surface area contributed by atoms with Crippen molar-refractivity contribution in [1.29, 1.82) is 0 Å². The molecule has 9 nitrogen and oxygen atoms in total. The van der Waals surface area contributed by atoms with Crippen LogP contribution in [0.3, 0.4) is 0 Å². The van der Waals surface area contributed by atoms with E-state index < -0.39 is 17.7 Å². The highest BCUT2D eigenvalue weighted by atomic mass is 32.1. The summed E-state index contributed by atoms with van der Waals surface area (Å²) in [5.74, 6) is 0.518. The van der Waals surface area contributed by atoms with Gasteiger partial charge in [-0.1, -0.05) is 47.7 Å². The molecular weight excluding hydrogens is 628 g/mol. The van der Waals surface area contributed by atoms with Crippen LogP contribution in [0, 0.1) is 0 Å². The summed E-state index contributed by atoms with van der Waals surface area (Å²) in [4.78, 5) is 34.0. The maximum atomic E-state index is 13.9. The van der Waals surface area contributed by atoms with Crippen molar-refractivity contribution in [3.05, 3.63) is 113 Å². The van der Waals surface area contributed by atoms with Gasteiger partial charge in [-0.2, -0.15) is 0 Å². The van der Waals surface area contributed by atoms with Gasteiger partial charge in [0.1, 0.15) is 30.0 Å². The van der Waals surface area contributed by atoms with E-state index >= 15 is 0 Å². The molecule has 244 valence electrons. The highest BCUT2D eigenvalue weighted by Crippen LogP contribution is 2.46. The Morgan fingerprint density at radius 1 is 0.938 bits per heavy atom. The number of thiazole rings is 1. The number of ketones is 1. The lowest BCUT2D eigenvalue weighted by atomic mass is 9.94. The topological polar surface area (TPSA) is 107 Å². The first-order valence-corrected chi connectivity index (χ1v) is 16.7. The molecule has 1 N–H and O–H groups in total. The van der Waals surface area contributed by atoms with Crippen LogP contribution in [0.4, 0.5) is 5.13 Å². The summed E-state index contributed by atoms with van der Waals surface area (Å²) < 4.78 is 24.5. The number of nitrogens with zero attached hydrogens (tertiary/aromatic N) is 2. The molecule has 48 heavy (non-hydrogen) atoms. The second-order valence-corrected chi connectivity index (χ2v) is 12.6. The van der Waals surface area contributed by atoms with Gasteiger partial charge in [-0.25, -0.2) is 4.98 Å². The van der Waals surface area contributed by atoms with Crippen molar-refractivity contribution < 1.29 is 33.6 Å². The first-order valence-electron chi connectivity index (χ1n) is 15.9. The van der Waals surface area contributed by atoms with Gasteiger partial charge < -0.3 is 24.1 Å². The maximum Gasteiger partial charge on any atom is 0.301 e. The normalized spacial score (nSPS) is 18.2. The second-order valence-electron chi connectivity index (χ2n) is 11.6. The average molecular weight is 663 g/mol. The molecule has 2 aliphatic heterocycles. The van der Waals surface area contributed by atoms with Crippen molar-refractivity contribution in [2.75, 3.05) is 18.1 Å². The largest absolute Gasteiger partial charge is 0.507 e. The number of aliphatic hydroxyl groups excluding tert-OH is 1. The number of fused-ring (bicyclic) bond motifs is 2. The third-order valence-electron chi connectivity index (χ3n) is 8.30. The van der Waals surface area contributed by atoms with Gasteiger partial charge in [0.15, 0.2) is 16.6 Å². The minimum Gasteiger partial charge on any atom is -0.507 e. The van der Waals surface area contributed by atoms with E-state index in [4.69, 9.17) is 23.9 Å². The van der Waals surface area contributed by atoms with Crippen molar-refractivity contribution in [1.82, 2.24) is 4.98 Å². The van der Waals surface area contributed by atoms with Gasteiger partial charge in [0.2, 0.25) is 0 Å². The maximum absolute atomic E-state index is 13.9. The van der Waals surface area contributed by atoms with Crippen LogP contribution in [0.25, 0.3) is 16.0 Å². The number of aliphatic hydroxyl groups is 1. The molecule has 0 radical (unpaired) electrons. The van der Waals surface area contributed by atoms with Crippen molar-refractivity contribution in [3.63, 3.8) is 0 Å². The summed E-state index contributed by atoms with van der Waals surface area (Å²) in [6.07, 6.45) is 0.677. The third-order valence-corrected chi connectivity index (χ3v) is 9.32. The van der Waals surface area contributed by atoms with Crippen LogP contribution < -0.4 is 23.8 Å². The van der Waals surface area contributed by atoms with Gasteiger partial charge in [-0.3, -0.25) is 14.5 Å². The Labute approximate surface area is 282 Å². The first kappa shape index (κ1) is 31.3. The monoisotopic (exact) mass is 662 g/mol. The number of rotatable bonds is 10. The van der Waals surface area contributed by atoms with Crippen LogP contribution >= 0.6 is 11.3 Å². The molecule has 0 saturated carbocycles. The highest BCUT2D eigenvalue weighted by molar-refractivity contribution is 7.22. The fraction of sp³-hybridized carbons (Fsp3) is 0.237. The summed E-state index contributed by atoms with van der Waals surface area (Å²) >= 11 is 1.27. The van der Waals surface area contributed by atoms with Crippen molar-refractivity contribution in [2.45, 2.75) is 45.9 Å². The lowest BCUT2D eigenvalue weighted by Gasteiger charge is -2.24. The molecule has 5 aromatic rings. The Morgan fingerprint density at radius 3 is 2.54 bits per heavy atom. The summed E-state index contributed by atoms with van der Waals surface area (Å²) in [6.45, 7) is 6.95. The molecule has 0 bridgehead atoms. The number of amides is 1. The molecule has 1 amide bonds. The zero-order valence-electron chi connectivity index (χ0n) is 26.8. The van der Waals surface area contributed by atoms with E-state index in [1.807, 2.05) is 75.4 Å². The third kappa shape index (κ3) is 5.84. The highest BCUT2D eigenvalue weighted by Gasteiger charge is 2.48. The molecule has 4 aromatic carbocycles. The summed E-state index contributed by atoms with van der Waals surface area (Å²) in [7, 11) is 0. The zero-order valence-corrected chi connectivity index (χ0v) is 27.6. The number of Topliss-reactive ketones (excluding diaryl/α,β-unsaturated/α-hetero) is 1. The van der Waals surface area contributed by atoms with Gasteiger partial charge in [0.05, 0.1) is 35.0 Å². The standard InChI is InChI=1S/C38H34N2O7S/c1-4-44-27-13-14-28-32(20-27)48-38(39-28)40-34(24-11-16-30(31(19-24)45-5-2)46-21-23-9-7-6-8-10-23)33(36(42)37(40)43)35(41)25-12-15-29-26(18-25)17-22(3)47-29/h6-16,18-20,22,34,41H,4-5,17,21H2,1-3H3/b35-33-. The van der Waals surface area contributed by atoms with E-state index in [0.717, 1.165) is 21.6 Å². The van der Waals surface area contributed by atoms with Crippen LogP contribution in [0.1, 0.15) is 49.1 Å². The SMILES string of the molecule is CCOc1ccc2nc(N3C(=O)C(=O)/C(=C(\O)c4ccc5c(c4)CC(C)O5)C3c3ccc(OCc4ccccc4)c(OCC)c3)sc2c1. The Hall–Kier alpha value is -5.35. The molecule has 7 rings (SSSR count). The van der Waals surface area contributed by atoms with Gasteiger partial charge in [-0.05, 0) is 86.0 Å². The number of carbonyl (C=O) groups is 2. The Morgan fingerprint density at radius 2 is 1.75 bits per heavy atom. The molecule has 1 aromatic heterocycles. The van der Waals surface area contributed by atoms with Crippen LogP contribution in [-0.4, -0.2) is 41.1 Å². The fourth-order valence-electron chi connectivity index (χ4n) is 6.14. The Kier molecular flexibility index (Phi) is 8.49. The van der Waals surface area contributed by atoms with E-state index in [9.17, 15) is 14.7 Å². The van der Waals surface area contributed by atoms with Gasteiger partial charge in [0.25, 0.3) is 5.78 Å². The summed E-state index contributed by atoms with van der Waals surface area (Å²) in [6, 6.07) is 24.9. The number of anilines is 1. The average Bonchev–Trinajstić information content (AvgIpc) is 3.76. The van der Waals surface area contributed by atoms with E-state index in [1.54, 1.807) is 30.3 Å². The van der Waals surface area contributed by atoms with Crippen LogP contribution in [0.2, 0.25) is 0 Å². The predicted octanol–water partition coefficient (Wildman–Crippen LogP) is 7.62. The van der Waals surface area contributed by atoms with Gasteiger partial charge >= 0.3 is 5.91 Å². The van der Waals surface area contributed by atoms with Crippen molar-refractivity contribution >= 4 is 44.1 Å². The number of ether oxygens (including phenoxy) is 4. The lowest BCUT2D eigenvalue weighted by Crippen LogP contribution is -2.29. The predicted molar refractivity (Wildman–Crippen MR) is 184 cm³/mol. The van der Waals surface area contributed by atoms with E-state index in [1.165, 1.54) is 16.2 Å². The fourth-order valence-corrected chi connectivity index (χ4v) is 7.16. The number of hydrogen-bond donors (Lipinski definition) is 1. The van der Waals surface area contributed by atoms with Crippen molar-refractivity contribution in [2.24, 2.45) is 0 Å². The molecule has 0 aliphatic carbocycles. The second kappa shape index (κ2) is 13.0. The molecule has 3 heterocycles. The van der Waals surface area contributed by atoms with E-state index in [2.05, 4.69) is 0 Å². The quantitative estimate of drug-likeness (QED) is 0.0925. The number of aromatic nitrogens is 1. The molecule has 2 atom stereocenters. The minimum absolute atomic E-state index is 0.00450. The van der Waals surface area contributed by atoms with Crippen LogP contribution in [0.15, 0.2) is 90.5 Å². The number of carbonyl (C=O) groups excluding carboxylic acids is 2. The number of benzene rings is 4. The zero-order chi connectivity index (χ0) is 33.4. The Balaban J connectivity index is 1.35. The van der Waals surface area contributed by atoms with Gasteiger partial charge in [-0.15, -0.1) is 0 Å². The minimum atomic E-state index is -0.997. The van der Waals surface area contributed by atoms with E-state index in [-0.39, 0.29) is 17.4 Å². The smallest absolute Gasteiger partial charge is 0.301 e. The number of hydrogen-bond acceptors (Lipinski definition) is 9. The molecule has 1 fully saturated rings. The Bertz CT molecular complexity index is 2060. The molecule has 2 unspecified atom stereocenters. The van der Waals surface area contributed by atoms with E-state index in [0.29, 0.717) is 65.3 Å². The lowest BCUT2D eigenvalue weighted by molar-refractivity contribution is -0.132. The molecule has 2 aliphatic rings. The van der Waals surface area contributed by atoms with Crippen LogP contribution in [-0.2, 0) is 22.6 Å². The van der Waals surface area contributed by atoms with Gasteiger partial charge in [0, 0.05) is 12.0 Å². The first-order chi connectivity index (χ1) is 23.3. The molecule has 10 heteroatoms. The molecule has 0 spiro atoms. The summed E-state index contributed by atoms with van der Waals surface area (Å²) in [5, 5.41) is 12.1. The van der Waals surface area contributed by atoms with Crippen molar-refractivity contribution in [3.8, 4) is 23.0 Å². The summed E-state index contributed by atoms with van der Waals surface area (Å²) in [5.41, 5.74) is 3.52. The molecular formula is C38H34N2O7S. The molecule has 1 saturated heterocycles. The van der Waals surface area contributed by atoms with Crippen LogP contribution in [0.5, 0.6) is 23.0 Å².